The van der Waals surface area contributed by atoms with Crippen LogP contribution in [0, 0.1) is 0 Å². The molecule has 38 heavy (non-hydrogen) atoms. The lowest BCUT2D eigenvalue weighted by atomic mass is 9.99. The molecule has 4 rings (SSSR count). The maximum absolute atomic E-state index is 6.30. The summed E-state index contributed by atoms with van der Waals surface area (Å²) >= 11 is 0. The van der Waals surface area contributed by atoms with Crippen molar-refractivity contribution in [2.24, 2.45) is 0 Å². The van der Waals surface area contributed by atoms with Crippen molar-refractivity contribution in [3.05, 3.63) is 84.9 Å². The number of benzene rings is 3. The van der Waals surface area contributed by atoms with E-state index < -0.39 is 0 Å². The second-order valence-electron chi connectivity index (χ2n) is 9.91. The van der Waals surface area contributed by atoms with Crippen LogP contribution in [0.3, 0.4) is 0 Å². The number of methoxy groups -OCH3 is 1. The fourth-order valence-electron chi connectivity index (χ4n) is 4.57. The quantitative estimate of drug-likeness (QED) is 0.169. The van der Waals surface area contributed by atoms with Crippen molar-refractivity contribution in [1.29, 1.82) is 0 Å². The predicted octanol–water partition coefficient (Wildman–Crippen LogP) is 8.90. The Hall–Kier alpha value is -3.79. The van der Waals surface area contributed by atoms with E-state index in [1.54, 1.807) is 7.11 Å². The number of hydrogen-bond donors (Lipinski definition) is 0. The number of para-hydroxylation sites is 1. The molecule has 0 saturated heterocycles. The summed E-state index contributed by atoms with van der Waals surface area (Å²) in [5.74, 6) is 1.71. The van der Waals surface area contributed by atoms with Crippen LogP contribution in [-0.4, -0.2) is 32.8 Å². The van der Waals surface area contributed by atoms with E-state index in [-0.39, 0.29) is 0 Å². The van der Waals surface area contributed by atoms with Crippen molar-refractivity contribution in [2.45, 2.75) is 45.4 Å². The Morgan fingerprint density at radius 1 is 0.684 bits per heavy atom. The zero-order valence-electron chi connectivity index (χ0n) is 23.2. The van der Waals surface area contributed by atoms with Crippen LogP contribution in [0.4, 0.5) is 5.69 Å². The number of rotatable bonds is 13. The van der Waals surface area contributed by atoms with E-state index in [1.165, 1.54) is 37.8 Å². The van der Waals surface area contributed by atoms with Gasteiger partial charge in [-0.25, -0.2) is 4.98 Å². The molecule has 0 aliphatic heterocycles. The van der Waals surface area contributed by atoms with E-state index in [2.05, 4.69) is 92.6 Å². The Kier molecular flexibility index (Phi) is 9.80. The molecule has 0 amide bonds. The number of ether oxygens (including phenoxy) is 2. The van der Waals surface area contributed by atoms with Gasteiger partial charge in [-0.1, -0.05) is 63.3 Å². The Balaban J connectivity index is 1.66. The monoisotopic (exact) mass is 508 g/mol. The summed E-state index contributed by atoms with van der Waals surface area (Å²) in [6, 6.07) is 29.3. The first-order chi connectivity index (χ1) is 18.6. The van der Waals surface area contributed by atoms with Gasteiger partial charge in [0.2, 0.25) is 0 Å². The van der Waals surface area contributed by atoms with Gasteiger partial charge in [0.15, 0.2) is 0 Å². The molecule has 1 heterocycles. The molecule has 0 bridgehead atoms. The summed E-state index contributed by atoms with van der Waals surface area (Å²) in [7, 11) is 5.80. The van der Waals surface area contributed by atoms with Crippen molar-refractivity contribution in [1.82, 2.24) is 4.98 Å². The van der Waals surface area contributed by atoms with Gasteiger partial charge in [0.25, 0.3) is 0 Å². The molecule has 1 aromatic heterocycles. The van der Waals surface area contributed by atoms with Gasteiger partial charge in [0.1, 0.15) is 11.5 Å². The first-order valence-corrected chi connectivity index (χ1v) is 13.8. The average Bonchev–Trinajstić information content (AvgIpc) is 2.97. The molecule has 4 nitrogen and oxygen atoms in total. The largest absolute Gasteiger partial charge is 0.497 e. The van der Waals surface area contributed by atoms with E-state index in [9.17, 15) is 0 Å². The highest BCUT2D eigenvalue weighted by atomic mass is 16.5. The Labute approximate surface area is 228 Å². The number of hydrogen-bond acceptors (Lipinski definition) is 4. The van der Waals surface area contributed by atoms with E-state index in [0.29, 0.717) is 0 Å². The van der Waals surface area contributed by atoms with Crippen LogP contribution >= 0.6 is 0 Å². The van der Waals surface area contributed by atoms with Crippen molar-refractivity contribution in [3.8, 4) is 45.1 Å². The zero-order valence-corrected chi connectivity index (χ0v) is 23.2. The molecule has 0 radical (unpaired) electrons. The molecule has 0 unspecified atom stereocenters. The van der Waals surface area contributed by atoms with Crippen molar-refractivity contribution in [2.75, 3.05) is 32.7 Å². The van der Waals surface area contributed by atoms with Gasteiger partial charge in [0, 0.05) is 30.9 Å². The molecule has 0 fully saturated rings. The van der Waals surface area contributed by atoms with E-state index in [0.717, 1.165) is 58.2 Å². The van der Waals surface area contributed by atoms with Crippen LogP contribution in [-0.2, 0) is 0 Å². The number of nitrogens with zero attached hydrogens (tertiary/aromatic N) is 2. The maximum atomic E-state index is 6.30. The van der Waals surface area contributed by atoms with Gasteiger partial charge in [-0.15, -0.1) is 0 Å². The highest BCUT2D eigenvalue weighted by Gasteiger charge is 2.13. The molecular weight excluding hydrogens is 468 g/mol. The highest BCUT2D eigenvalue weighted by Crippen LogP contribution is 2.35. The van der Waals surface area contributed by atoms with Gasteiger partial charge in [-0.2, -0.15) is 0 Å². The van der Waals surface area contributed by atoms with Crippen LogP contribution < -0.4 is 14.4 Å². The van der Waals surface area contributed by atoms with Crippen LogP contribution in [0.25, 0.3) is 33.6 Å². The first kappa shape index (κ1) is 27.3. The van der Waals surface area contributed by atoms with E-state index in [4.69, 9.17) is 14.5 Å². The van der Waals surface area contributed by atoms with Crippen molar-refractivity contribution < 1.29 is 9.47 Å². The summed E-state index contributed by atoms with van der Waals surface area (Å²) < 4.78 is 11.7. The summed E-state index contributed by atoms with van der Waals surface area (Å²) in [5, 5.41) is 0. The van der Waals surface area contributed by atoms with Crippen molar-refractivity contribution in [3.63, 3.8) is 0 Å². The summed E-state index contributed by atoms with van der Waals surface area (Å²) in [4.78, 5) is 7.22. The molecule has 0 spiro atoms. The molecule has 0 aliphatic rings. The SMILES string of the molecule is CCCCCCCCOc1ccccc1-c1cc(-c2ccc(N(C)C)cc2)cc(-c2ccc(OC)cc2)n1. The van der Waals surface area contributed by atoms with Crippen LogP contribution in [0.15, 0.2) is 84.9 Å². The van der Waals surface area contributed by atoms with Gasteiger partial charge in [-0.3, -0.25) is 0 Å². The average molecular weight is 509 g/mol. The minimum Gasteiger partial charge on any atom is -0.497 e. The van der Waals surface area contributed by atoms with Crippen LogP contribution in [0.5, 0.6) is 11.5 Å². The lowest BCUT2D eigenvalue weighted by molar-refractivity contribution is 0.305. The van der Waals surface area contributed by atoms with Gasteiger partial charge in [-0.05, 0) is 78.2 Å². The van der Waals surface area contributed by atoms with Gasteiger partial charge in [0.05, 0.1) is 25.1 Å². The Morgan fingerprint density at radius 2 is 1.34 bits per heavy atom. The lowest BCUT2D eigenvalue weighted by Gasteiger charge is -2.15. The first-order valence-electron chi connectivity index (χ1n) is 13.8. The van der Waals surface area contributed by atoms with Gasteiger partial charge < -0.3 is 14.4 Å². The smallest absolute Gasteiger partial charge is 0.128 e. The summed E-state index contributed by atoms with van der Waals surface area (Å²) in [5.41, 5.74) is 7.33. The molecule has 0 saturated carbocycles. The molecule has 0 N–H and O–H groups in total. The number of aromatic nitrogens is 1. The molecule has 0 aliphatic carbocycles. The third-order valence-electron chi connectivity index (χ3n) is 6.85. The minimum atomic E-state index is 0.722. The third-order valence-corrected chi connectivity index (χ3v) is 6.85. The fourth-order valence-corrected chi connectivity index (χ4v) is 4.57. The van der Waals surface area contributed by atoms with Crippen LogP contribution in [0.2, 0.25) is 0 Å². The second-order valence-corrected chi connectivity index (χ2v) is 9.91. The minimum absolute atomic E-state index is 0.722. The Morgan fingerprint density at radius 3 is 2.05 bits per heavy atom. The van der Waals surface area contributed by atoms with Gasteiger partial charge >= 0.3 is 0 Å². The lowest BCUT2D eigenvalue weighted by Crippen LogP contribution is -2.07. The maximum Gasteiger partial charge on any atom is 0.128 e. The Bertz CT molecular complexity index is 1280. The third kappa shape index (κ3) is 7.16. The number of pyridine rings is 1. The van der Waals surface area contributed by atoms with E-state index >= 15 is 0 Å². The van der Waals surface area contributed by atoms with Crippen LogP contribution in [0.1, 0.15) is 45.4 Å². The van der Waals surface area contributed by atoms with Crippen molar-refractivity contribution >= 4 is 5.69 Å². The zero-order chi connectivity index (χ0) is 26.7. The number of unbranched alkanes of at least 4 members (excludes halogenated alkanes) is 5. The highest BCUT2D eigenvalue weighted by molar-refractivity contribution is 5.79. The van der Waals surface area contributed by atoms with E-state index in [1.807, 2.05) is 18.2 Å². The second kappa shape index (κ2) is 13.7. The molecule has 4 heteroatoms. The molecule has 198 valence electrons. The molecule has 0 atom stereocenters. The summed E-state index contributed by atoms with van der Waals surface area (Å²) in [6.45, 7) is 2.97. The predicted molar refractivity (Wildman–Crippen MR) is 160 cm³/mol. The molecule has 3 aromatic carbocycles. The normalized spacial score (nSPS) is 10.8. The summed E-state index contributed by atoms with van der Waals surface area (Å²) in [6.07, 6.45) is 7.46. The number of anilines is 1. The molecule has 4 aromatic rings. The fraction of sp³-hybridized carbons (Fsp3) is 0.324. The standard InChI is InChI=1S/C34H40N2O2/c1-5-6-7-8-9-12-23-38-34-14-11-10-13-31(34)33-25-28(26-15-19-29(20-16-26)36(2)3)24-32(35-33)27-17-21-30(37-4)22-18-27/h10-11,13-22,24-25H,5-9,12,23H2,1-4H3. The molecular formula is C34H40N2O2. The topological polar surface area (TPSA) is 34.6 Å².